The van der Waals surface area contributed by atoms with Crippen molar-refractivity contribution < 1.29 is 9.90 Å². The van der Waals surface area contributed by atoms with Crippen LogP contribution in [0.1, 0.15) is 40.1 Å². The summed E-state index contributed by atoms with van der Waals surface area (Å²) in [6.07, 6.45) is 5.04. The number of nitrogens with zero attached hydrogens (tertiary/aromatic N) is 2. The molecule has 30 heavy (non-hydrogen) atoms. The van der Waals surface area contributed by atoms with Gasteiger partial charge in [0.1, 0.15) is 4.83 Å². The van der Waals surface area contributed by atoms with Crippen LogP contribution in [0.25, 0.3) is 16.3 Å². The molecule has 3 aromatic rings. The number of hydrogen-bond donors (Lipinski definition) is 2. The molecule has 6 heteroatoms. The van der Waals surface area contributed by atoms with Crippen molar-refractivity contribution in [2.45, 2.75) is 19.3 Å². The molecule has 5 nitrogen and oxygen atoms in total. The van der Waals surface area contributed by atoms with Crippen molar-refractivity contribution >= 4 is 33.5 Å². The number of aromatic nitrogens is 1. The van der Waals surface area contributed by atoms with Crippen molar-refractivity contribution in [1.82, 2.24) is 15.2 Å². The number of carbonyl (C=O) groups is 1. The lowest BCUT2D eigenvalue weighted by Gasteiger charge is -2.17. The highest BCUT2D eigenvalue weighted by atomic mass is 32.1. The first-order chi connectivity index (χ1) is 14.7. The third-order valence-electron chi connectivity index (χ3n) is 5.47. The molecule has 0 spiro atoms. The Morgan fingerprint density at radius 1 is 1.30 bits per heavy atom. The number of thiophene rings is 1. The zero-order valence-corrected chi connectivity index (χ0v) is 18.0. The summed E-state index contributed by atoms with van der Waals surface area (Å²) in [6, 6.07) is 14.4. The summed E-state index contributed by atoms with van der Waals surface area (Å²) >= 11 is 1.45. The number of fused-ring (bicyclic) bond motifs is 1. The van der Waals surface area contributed by atoms with Gasteiger partial charge in [-0.2, -0.15) is 0 Å². The molecule has 0 unspecified atom stereocenters. The monoisotopic (exact) mass is 421 g/mol. The van der Waals surface area contributed by atoms with Crippen LogP contribution < -0.4 is 5.32 Å². The molecule has 1 aliphatic heterocycles. The number of benzene rings is 1. The van der Waals surface area contributed by atoms with Crippen molar-refractivity contribution in [3.8, 4) is 0 Å². The molecular weight excluding hydrogens is 394 g/mol. The van der Waals surface area contributed by atoms with E-state index in [0.29, 0.717) is 5.92 Å². The maximum Gasteiger partial charge on any atom is 0.261 e. The number of likely N-dealkylation sites (tertiary alicyclic amines) is 1. The van der Waals surface area contributed by atoms with Crippen LogP contribution in [0.2, 0.25) is 0 Å². The van der Waals surface area contributed by atoms with E-state index >= 15 is 0 Å². The lowest BCUT2D eigenvalue weighted by atomic mass is 9.95. The van der Waals surface area contributed by atoms with Gasteiger partial charge >= 0.3 is 0 Å². The fourth-order valence-electron chi connectivity index (χ4n) is 4.22. The minimum absolute atomic E-state index is 0.0611. The molecule has 0 radical (unpaired) electrons. The second kappa shape index (κ2) is 9.51. The predicted molar refractivity (Wildman–Crippen MR) is 123 cm³/mol. The molecular formula is C24H27N3O2S. The van der Waals surface area contributed by atoms with Gasteiger partial charge in [0, 0.05) is 37.1 Å². The molecule has 0 saturated carbocycles. The predicted octanol–water partition coefficient (Wildman–Crippen LogP) is 3.91. The van der Waals surface area contributed by atoms with Crippen LogP contribution in [0.5, 0.6) is 0 Å². The highest BCUT2D eigenvalue weighted by Crippen LogP contribution is 2.39. The lowest BCUT2D eigenvalue weighted by molar-refractivity contribution is 0.0947. The first kappa shape index (κ1) is 20.7. The average Bonchev–Trinajstić information content (AvgIpc) is 3.36. The Balaban J connectivity index is 1.53. The van der Waals surface area contributed by atoms with Gasteiger partial charge in [0.25, 0.3) is 5.91 Å². The van der Waals surface area contributed by atoms with Gasteiger partial charge < -0.3 is 10.4 Å². The van der Waals surface area contributed by atoms with Crippen LogP contribution >= 0.6 is 11.3 Å². The maximum absolute atomic E-state index is 12.8. The van der Waals surface area contributed by atoms with E-state index in [1.54, 1.807) is 6.20 Å². The van der Waals surface area contributed by atoms with E-state index in [4.69, 9.17) is 5.11 Å². The number of hydrogen-bond acceptors (Lipinski definition) is 5. The zero-order valence-electron chi connectivity index (χ0n) is 17.2. The zero-order chi connectivity index (χ0) is 20.9. The normalized spacial score (nSPS) is 17.5. The summed E-state index contributed by atoms with van der Waals surface area (Å²) in [4.78, 5) is 21.3. The summed E-state index contributed by atoms with van der Waals surface area (Å²) in [5.74, 6) is 0.197. The van der Waals surface area contributed by atoms with E-state index < -0.39 is 0 Å². The van der Waals surface area contributed by atoms with Crippen LogP contribution in [0.4, 0.5) is 0 Å². The molecule has 1 aliphatic rings. The lowest BCUT2D eigenvalue weighted by Crippen LogP contribution is -2.27. The highest BCUT2D eigenvalue weighted by molar-refractivity contribution is 7.20. The number of aliphatic hydroxyl groups excluding tert-OH is 1. The number of aliphatic hydroxyl groups is 1. The number of carbonyl (C=O) groups excluding carboxylic acids is 1. The number of rotatable bonds is 7. The Labute approximate surface area is 181 Å². The van der Waals surface area contributed by atoms with Gasteiger partial charge in [0.15, 0.2) is 0 Å². The number of amides is 1. The van der Waals surface area contributed by atoms with Gasteiger partial charge in [-0.05, 0) is 37.1 Å². The largest absolute Gasteiger partial charge is 0.395 e. The third-order valence-corrected chi connectivity index (χ3v) is 6.60. The van der Waals surface area contributed by atoms with E-state index in [0.717, 1.165) is 46.7 Å². The molecule has 2 N–H and O–H groups in total. The minimum Gasteiger partial charge on any atom is -0.395 e. The van der Waals surface area contributed by atoms with Crippen LogP contribution in [-0.2, 0) is 0 Å². The fraction of sp³-hybridized carbons (Fsp3) is 0.333. The standard InChI is InChI=1S/C24H27N3O2S/c1-17(14-18-6-3-2-4-7-18)15-27-12-9-19(16-27)21-20-8-5-10-26-24(20)30-22(21)23(29)25-11-13-28/h2-8,10,14,19,28H,9,11-13,15-16H2,1H3,(H,25,29)/b17-14+/t19-/m0/s1. The van der Waals surface area contributed by atoms with Crippen molar-refractivity contribution in [2.24, 2.45) is 0 Å². The molecule has 1 saturated heterocycles. The van der Waals surface area contributed by atoms with Gasteiger partial charge in [-0.1, -0.05) is 48.0 Å². The summed E-state index contributed by atoms with van der Waals surface area (Å²) < 4.78 is 0. The van der Waals surface area contributed by atoms with Crippen molar-refractivity contribution in [1.29, 1.82) is 0 Å². The number of nitrogens with one attached hydrogen (secondary N) is 1. The summed E-state index contributed by atoms with van der Waals surface area (Å²) in [6.45, 7) is 5.26. The smallest absolute Gasteiger partial charge is 0.261 e. The molecule has 1 amide bonds. The Morgan fingerprint density at radius 3 is 2.93 bits per heavy atom. The molecule has 3 heterocycles. The van der Waals surface area contributed by atoms with E-state index in [1.807, 2.05) is 12.1 Å². The topological polar surface area (TPSA) is 65.5 Å². The minimum atomic E-state index is -0.111. The average molecular weight is 422 g/mol. The Bertz CT molecular complexity index is 1050. The fourth-order valence-corrected chi connectivity index (χ4v) is 5.37. The van der Waals surface area contributed by atoms with Gasteiger partial charge in [0.2, 0.25) is 0 Å². The second-order valence-electron chi connectivity index (χ2n) is 7.80. The number of pyridine rings is 1. The van der Waals surface area contributed by atoms with Gasteiger partial charge in [-0.15, -0.1) is 11.3 Å². The van der Waals surface area contributed by atoms with Gasteiger partial charge in [-0.3, -0.25) is 9.69 Å². The van der Waals surface area contributed by atoms with E-state index in [-0.39, 0.29) is 19.1 Å². The van der Waals surface area contributed by atoms with Gasteiger partial charge in [-0.25, -0.2) is 4.98 Å². The van der Waals surface area contributed by atoms with E-state index in [2.05, 4.69) is 58.5 Å². The van der Waals surface area contributed by atoms with Crippen LogP contribution in [0, 0.1) is 0 Å². The van der Waals surface area contributed by atoms with E-state index in [9.17, 15) is 4.79 Å². The maximum atomic E-state index is 12.8. The molecule has 0 bridgehead atoms. The summed E-state index contributed by atoms with van der Waals surface area (Å²) in [5, 5.41) is 13.0. The first-order valence-corrected chi connectivity index (χ1v) is 11.2. The first-order valence-electron chi connectivity index (χ1n) is 10.4. The van der Waals surface area contributed by atoms with Crippen LogP contribution in [0.3, 0.4) is 0 Å². The molecule has 1 fully saturated rings. The van der Waals surface area contributed by atoms with Crippen molar-refractivity contribution in [3.05, 3.63) is 70.2 Å². The molecule has 156 valence electrons. The quantitative estimate of drug-likeness (QED) is 0.607. The molecule has 0 aliphatic carbocycles. The Kier molecular flexibility index (Phi) is 6.57. The molecule has 2 aromatic heterocycles. The van der Waals surface area contributed by atoms with Gasteiger partial charge in [0.05, 0.1) is 11.5 Å². The Hall–Kier alpha value is -2.54. The molecule has 1 aromatic carbocycles. The SMILES string of the molecule is C/C(=C\c1ccccc1)CN1CC[C@H](c2c(C(=O)NCCO)sc3ncccc23)C1. The molecule has 1 atom stereocenters. The summed E-state index contributed by atoms with van der Waals surface area (Å²) in [5.41, 5.74) is 3.67. The third kappa shape index (κ3) is 4.61. The van der Waals surface area contributed by atoms with Crippen molar-refractivity contribution in [2.75, 3.05) is 32.8 Å². The van der Waals surface area contributed by atoms with Crippen LogP contribution in [-0.4, -0.2) is 53.7 Å². The van der Waals surface area contributed by atoms with E-state index in [1.165, 1.54) is 22.5 Å². The molecule has 4 rings (SSSR count). The highest BCUT2D eigenvalue weighted by Gasteiger charge is 2.30. The van der Waals surface area contributed by atoms with Crippen LogP contribution in [0.15, 0.2) is 54.2 Å². The summed E-state index contributed by atoms with van der Waals surface area (Å²) in [7, 11) is 0. The second-order valence-corrected chi connectivity index (χ2v) is 8.80. The Morgan fingerprint density at radius 2 is 2.13 bits per heavy atom. The van der Waals surface area contributed by atoms with Crippen molar-refractivity contribution in [3.63, 3.8) is 0 Å².